The predicted octanol–water partition coefficient (Wildman–Crippen LogP) is 3.74. The standard InChI is InChI=1S/C14H19N5O.C9H12O/c1-3-16-9-10-17-14(20)13(11(2)15)19-18-12-7-5-4-6-8-12;1-3-10-9-6-4-8(2)5-7-9/h3-8,15-16,18H,1,9-10H2,2H3,(H,17,20);4-7H,3H2,1-2H3/b15-11?,19-13+;. The first-order valence-corrected chi connectivity index (χ1v) is 9.74. The zero-order valence-corrected chi connectivity index (χ0v) is 17.9. The Bertz CT molecular complexity index is 817. The number of carbonyl (C=O) groups is 1. The van der Waals surface area contributed by atoms with Crippen LogP contribution >= 0.6 is 0 Å². The molecule has 30 heavy (non-hydrogen) atoms. The van der Waals surface area contributed by atoms with Gasteiger partial charge in [-0.2, -0.15) is 5.10 Å². The number of rotatable bonds is 10. The van der Waals surface area contributed by atoms with E-state index >= 15 is 0 Å². The molecule has 1 amide bonds. The van der Waals surface area contributed by atoms with E-state index in [0.717, 1.165) is 18.0 Å². The zero-order valence-electron chi connectivity index (χ0n) is 17.9. The minimum atomic E-state index is -0.383. The van der Waals surface area contributed by atoms with Gasteiger partial charge in [0.2, 0.25) is 0 Å². The maximum absolute atomic E-state index is 11.9. The average Bonchev–Trinajstić information content (AvgIpc) is 2.74. The maximum atomic E-state index is 11.9. The summed E-state index contributed by atoms with van der Waals surface area (Å²) in [5, 5.41) is 17.1. The van der Waals surface area contributed by atoms with E-state index in [9.17, 15) is 4.79 Å². The molecule has 0 radical (unpaired) electrons. The predicted molar refractivity (Wildman–Crippen MR) is 124 cm³/mol. The van der Waals surface area contributed by atoms with Crippen LogP contribution in [0.25, 0.3) is 0 Å². The van der Waals surface area contributed by atoms with Gasteiger partial charge in [-0.15, -0.1) is 0 Å². The monoisotopic (exact) mass is 409 g/mol. The minimum absolute atomic E-state index is 0.0625. The quantitative estimate of drug-likeness (QED) is 0.273. The normalized spacial score (nSPS) is 10.2. The van der Waals surface area contributed by atoms with Crippen LogP contribution in [0.4, 0.5) is 5.69 Å². The molecule has 4 N–H and O–H groups in total. The van der Waals surface area contributed by atoms with Crippen LogP contribution in [0, 0.1) is 12.3 Å². The molecule has 0 saturated carbocycles. The van der Waals surface area contributed by atoms with Gasteiger partial charge in [0.15, 0.2) is 5.71 Å². The molecular weight excluding hydrogens is 378 g/mol. The lowest BCUT2D eigenvalue weighted by molar-refractivity contribution is -0.114. The van der Waals surface area contributed by atoms with Crippen molar-refractivity contribution in [1.82, 2.24) is 10.6 Å². The smallest absolute Gasteiger partial charge is 0.273 e. The molecule has 0 fully saturated rings. The molecule has 0 spiro atoms. The largest absolute Gasteiger partial charge is 0.494 e. The highest BCUT2D eigenvalue weighted by Crippen LogP contribution is 2.10. The van der Waals surface area contributed by atoms with Gasteiger partial charge in [0, 0.05) is 13.1 Å². The Morgan fingerprint density at radius 2 is 1.80 bits per heavy atom. The van der Waals surface area contributed by atoms with E-state index in [-0.39, 0.29) is 17.3 Å². The van der Waals surface area contributed by atoms with Crippen LogP contribution in [0.5, 0.6) is 5.75 Å². The number of hydrazone groups is 1. The van der Waals surface area contributed by atoms with E-state index in [1.165, 1.54) is 12.5 Å². The summed E-state index contributed by atoms with van der Waals surface area (Å²) in [5.41, 5.74) is 4.95. The average molecular weight is 410 g/mol. The van der Waals surface area contributed by atoms with Gasteiger partial charge in [-0.25, -0.2) is 0 Å². The lowest BCUT2D eigenvalue weighted by Gasteiger charge is -2.08. The first kappa shape index (κ1) is 24.4. The van der Waals surface area contributed by atoms with Crippen LogP contribution in [0.1, 0.15) is 19.4 Å². The molecule has 0 saturated heterocycles. The number of nitrogens with one attached hydrogen (secondary N) is 4. The molecule has 160 valence electrons. The summed E-state index contributed by atoms with van der Waals surface area (Å²) in [6.07, 6.45) is 1.56. The second kappa shape index (κ2) is 14.4. The van der Waals surface area contributed by atoms with Gasteiger partial charge < -0.3 is 20.8 Å². The molecule has 0 aliphatic heterocycles. The summed E-state index contributed by atoms with van der Waals surface area (Å²) in [5.74, 6) is 0.569. The minimum Gasteiger partial charge on any atom is -0.494 e. The van der Waals surface area contributed by atoms with Crippen molar-refractivity contribution in [2.45, 2.75) is 20.8 Å². The summed E-state index contributed by atoms with van der Waals surface area (Å²) in [4.78, 5) is 11.9. The van der Waals surface area contributed by atoms with E-state index in [2.05, 4.69) is 34.7 Å². The van der Waals surface area contributed by atoms with Crippen molar-refractivity contribution in [3.63, 3.8) is 0 Å². The van der Waals surface area contributed by atoms with Crippen molar-refractivity contribution in [2.75, 3.05) is 25.1 Å². The van der Waals surface area contributed by atoms with Crippen molar-refractivity contribution in [3.05, 3.63) is 72.9 Å². The Morgan fingerprint density at radius 3 is 2.37 bits per heavy atom. The Kier molecular flexibility index (Phi) is 11.7. The maximum Gasteiger partial charge on any atom is 0.273 e. The molecule has 2 aromatic rings. The molecule has 7 heteroatoms. The highest BCUT2D eigenvalue weighted by atomic mass is 16.5. The molecule has 0 heterocycles. The first-order valence-electron chi connectivity index (χ1n) is 9.74. The number of benzene rings is 2. The Balaban J connectivity index is 0.000000375. The fourth-order valence-electron chi connectivity index (χ4n) is 2.17. The summed E-state index contributed by atoms with van der Waals surface area (Å²) < 4.78 is 5.26. The fourth-order valence-corrected chi connectivity index (χ4v) is 2.17. The van der Waals surface area contributed by atoms with Crippen LogP contribution < -0.4 is 20.8 Å². The van der Waals surface area contributed by atoms with Crippen molar-refractivity contribution < 1.29 is 9.53 Å². The lowest BCUT2D eigenvalue weighted by atomic mass is 10.2. The third kappa shape index (κ3) is 10.1. The SMILES string of the molecule is C=CNCCNC(=O)/C(=N/Nc1ccccc1)C(C)=N.CCOc1ccc(C)cc1. The zero-order chi connectivity index (χ0) is 22.2. The first-order chi connectivity index (χ1) is 14.5. The molecule has 0 bridgehead atoms. The van der Waals surface area contributed by atoms with Crippen LogP contribution in [0.2, 0.25) is 0 Å². The molecular formula is C23H31N5O2. The van der Waals surface area contributed by atoms with Gasteiger partial charge in [-0.3, -0.25) is 10.2 Å². The number of hydrogen-bond acceptors (Lipinski definition) is 6. The van der Waals surface area contributed by atoms with Gasteiger partial charge in [0.1, 0.15) is 5.75 Å². The fraction of sp³-hybridized carbons (Fsp3) is 0.261. The summed E-state index contributed by atoms with van der Waals surface area (Å²) >= 11 is 0. The number of amides is 1. The van der Waals surface area contributed by atoms with E-state index in [4.69, 9.17) is 10.1 Å². The lowest BCUT2D eigenvalue weighted by Crippen LogP contribution is -2.38. The Hall–Kier alpha value is -3.61. The molecule has 2 aromatic carbocycles. The second-order valence-corrected chi connectivity index (χ2v) is 6.22. The highest BCUT2D eigenvalue weighted by Gasteiger charge is 2.13. The van der Waals surface area contributed by atoms with Crippen molar-refractivity contribution in [3.8, 4) is 5.75 Å². The van der Waals surface area contributed by atoms with Crippen molar-refractivity contribution in [2.24, 2.45) is 5.10 Å². The van der Waals surface area contributed by atoms with E-state index in [1.807, 2.05) is 61.5 Å². The molecule has 2 rings (SSSR count). The third-order valence-corrected chi connectivity index (χ3v) is 3.67. The van der Waals surface area contributed by atoms with E-state index in [0.29, 0.717) is 13.1 Å². The Morgan fingerprint density at radius 1 is 1.13 bits per heavy atom. The van der Waals surface area contributed by atoms with Crippen molar-refractivity contribution in [1.29, 1.82) is 5.41 Å². The number of ether oxygens (including phenoxy) is 1. The summed E-state index contributed by atoms with van der Waals surface area (Å²) in [7, 11) is 0. The topological polar surface area (TPSA) is 98.6 Å². The summed E-state index contributed by atoms with van der Waals surface area (Å²) in [6, 6.07) is 17.3. The van der Waals surface area contributed by atoms with Crippen LogP contribution in [0.3, 0.4) is 0 Å². The summed E-state index contributed by atoms with van der Waals surface area (Å²) in [6.45, 7) is 10.8. The number of aryl methyl sites for hydroxylation is 1. The Labute approximate surface area is 178 Å². The third-order valence-electron chi connectivity index (χ3n) is 3.67. The second-order valence-electron chi connectivity index (χ2n) is 6.22. The van der Waals surface area contributed by atoms with Crippen molar-refractivity contribution >= 4 is 23.0 Å². The molecule has 0 atom stereocenters. The van der Waals surface area contributed by atoms with Crippen LogP contribution in [0.15, 0.2) is 72.5 Å². The molecule has 0 unspecified atom stereocenters. The van der Waals surface area contributed by atoms with E-state index < -0.39 is 0 Å². The number of nitrogens with zero attached hydrogens (tertiary/aromatic N) is 1. The van der Waals surface area contributed by atoms with E-state index in [1.54, 1.807) is 6.20 Å². The number of para-hydroxylation sites is 1. The molecule has 0 aromatic heterocycles. The van der Waals surface area contributed by atoms with Gasteiger partial charge in [-0.1, -0.05) is 42.5 Å². The molecule has 7 nitrogen and oxygen atoms in total. The molecule has 0 aliphatic carbocycles. The molecule has 0 aliphatic rings. The van der Waals surface area contributed by atoms with Gasteiger partial charge >= 0.3 is 0 Å². The number of carbonyl (C=O) groups excluding carboxylic acids is 1. The van der Waals surface area contributed by atoms with Crippen LogP contribution in [-0.4, -0.2) is 37.0 Å². The number of anilines is 1. The van der Waals surface area contributed by atoms with Crippen LogP contribution in [-0.2, 0) is 4.79 Å². The van der Waals surface area contributed by atoms with Gasteiger partial charge in [-0.05, 0) is 51.2 Å². The van der Waals surface area contributed by atoms with Gasteiger partial charge in [0.25, 0.3) is 5.91 Å². The number of hydrogen-bond donors (Lipinski definition) is 4. The van der Waals surface area contributed by atoms with Gasteiger partial charge in [0.05, 0.1) is 18.0 Å². The highest BCUT2D eigenvalue weighted by molar-refractivity contribution is 6.66.